The minimum Gasteiger partial charge on any atom is -0.342 e. The molecule has 2 aliphatic rings. The number of carbonyl (C=O) groups excluding carboxylic acids is 1. The first kappa shape index (κ1) is 15.6. The SMILES string of the molecule is Cl.O=C(CC(F)(F)F)N1CCC2(CCNC2)CC1. The predicted octanol–water partition coefficient (Wildman–Crippen LogP) is 1.96. The number of alkyl halides is 3. The summed E-state index contributed by atoms with van der Waals surface area (Å²) in [5.41, 5.74) is 0.231. The molecule has 0 saturated carbocycles. The smallest absolute Gasteiger partial charge is 0.342 e. The van der Waals surface area contributed by atoms with E-state index in [-0.39, 0.29) is 17.8 Å². The van der Waals surface area contributed by atoms with Gasteiger partial charge in [0.1, 0.15) is 6.42 Å². The maximum Gasteiger partial charge on any atom is 0.397 e. The van der Waals surface area contributed by atoms with Gasteiger partial charge in [0.25, 0.3) is 0 Å². The van der Waals surface area contributed by atoms with Gasteiger partial charge in [-0.3, -0.25) is 4.79 Å². The Kier molecular flexibility index (Phi) is 4.89. The summed E-state index contributed by atoms with van der Waals surface area (Å²) in [7, 11) is 0. The molecule has 0 aliphatic carbocycles. The molecule has 2 saturated heterocycles. The molecule has 2 aliphatic heterocycles. The summed E-state index contributed by atoms with van der Waals surface area (Å²) in [6.07, 6.45) is -2.99. The van der Waals surface area contributed by atoms with Gasteiger partial charge in [0, 0.05) is 19.6 Å². The second-order valence-electron chi connectivity index (χ2n) is 5.10. The van der Waals surface area contributed by atoms with Crippen molar-refractivity contribution in [3.05, 3.63) is 0 Å². The van der Waals surface area contributed by atoms with Crippen LogP contribution in [0.4, 0.5) is 13.2 Å². The fourth-order valence-corrected chi connectivity index (χ4v) is 2.74. The van der Waals surface area contributed by atoms with Gasteiger partial charge >= 0.3 is 6.18 Å². The molecule has 1 spiro atoms. The van der Waals surface area contributed by atoms with Crippen molar-refractivity contribution in [2.75, 3.05) is 26.2 Å². The van der Waals surface area contributed by atoms with Gasteiger partial charge in [-0.1, -0.05) is 0 Å². The van der Waals surface area contributed by atoms with Gasteiger partial charge < -0.3 is 10.2 Å². The van der Waals surface area contributed by atoms with E-state index in [9.17, 15) is 18.0 Å². The third kappa shape index (κ3) is 3.75. The second-order valence-corrected chi connectivity index (χ2v) is 5.10. The monoisotopic (exact) mass is 286 g/mol. The normalized spacial score (nSPS) is 22.9. The van der Waals surface area contributed by atoms with E-state index < -0.39 is 18.5 Å². The van der Waals surface area contributed by atoms with Crippen molar-refractivity contribution in [1.82, 2.24) is 10.2 Å². The quantitative estimate of drug-likeness (QED) is 0.799. The zero-order valence-corrected chi connectivity index (χ0v) is 10.9. The zero-order chi connectivity index (χ0) is 12.5. The summed E-state index contributed by atoms with van der Waals surface area (Å²) in [5, 5.41) is 3.28. The minimum absolute atomic E-state index is 0. The van der Waals surface area contributed by atoms with E-state index in [1.54, 1.807) is 0 Å². The van der Waals surface area contributed by atoms with Crippen LogP contribution in [0.25, 0.3) is 0 Å². The Bertz CT molecular complexity index is 293. The van der Waals surface area contributed by atoms with Crippen LogP contribution in [0, 0.1) is 5.41 Å². The molecular formula is C11H18ClF3N2O. The molecular weight excluding hydrogens is 269 g/mol. The van der Waals surface area contributed by atoms with Crippen molar-refractivity contribution in [2.45, 2.75) is 31.9 Å². The van der Waals surface area contributed by atoms with Crippen LogP contribution in [0.5, 0.6) is 0 Å². The third-order valence-electron chi connectivity index (χ3n) is 3.86. The lowest BCUT2D eigenvalue weighted by Gasteiger charge is -2.39. The molecule has 0 aromatic rings. The molecule has 0 bridgehead atoms. The maximum atomic E-state index is 12.1. The summed E-state index contributed by atoms with van der Waals surface area (Å²) in [5.74, 6) is -0.779. The number of rotatable bonds is 1. The lowest BCUT2D eigenvalue weighted by Crippen LogP contribution is -2.45. The summed E-state index contributed by atoms with van der Waals surface area (Å²) in [6, 6.07) is 0. The van der Waals surface area contributed by atoms with E-state index in [1.807, 2.05) is 0 Å². The first-order chi connectivity index (χ1) is 7.90. The summed E-state index contributed by atoms with van der Waals surface area (Å²) in [6.45, 7) is 2.86. The number of hydrogen-bond donors (Lipinski definition) is 1. The number of hydrogen-bond acceptors (Lipinski definition) is 2. The molecule has 18 heavy (non-hydrogen) atoms. The van der Waals surface area contributed by atoms with Gasteiger partial charge in [-0.15, -0.1) is 12.4 Å². The van der Waals surface area contributed by atoms with Crippen molar-refractivity contribution in [1.29, 1.82) is 0 Å². The molecule has 106 valence electrons. The van der Waals surface area contributed by atoms with Crippen molar-refractivity contribution in [2.24, 2.45) is 5.41 Å². The molecule has 7 heteroatoms. The standard InChI is InChI=1S/C11H17F3N2O.ClH/c12-11(13,14)7-9(17)16-5-2-10(3-6-16)1-4-15-8-10;/h15H,1-8H2;1H. The third-order valence-corrected chi connectivity index (χ3v) is 3.86. The number of amides is 1. The molecule has 3 nitrogen and oxygen atoms in total. The predicted molar refractivity (Wildman–Crippen MR) is 63.7 cm³/mol. The summed E-state index contributed by atoms with van der Waals surface area (Å²) in [4.78, 5) is 12.8. The molecule has 1 N–H and O–H groups in total. The number of nitrogens with one attached hydrogen (secondary N) is 1. The van der Waals surface area contributed by atoms with E-state index in [2.05, 4.69) is 5.32 Å². The van der Waals surface area contributed by atoms with Crippen LogP contribution in [-0.2, 0) is 4.79 Å². The van der Waals surface area contributed by atoms with Gasteiger partial charge in [-0.05, 0) is 31.2 Å². The van der Waals surface area contributed by atoms with E-state index in [4.69, 9.17) is 0 Å². The Morgan fingerprint density at radius 1 is 1.22 bits per heavy atom. The first-order valence-corrected chi connectivity index (χ1v) is 5.96. The van der Waals surface area contributed by atoms with Crippen LogP contribution in [-0.4, -0.2) is 43.2 Å². The number of halogens is 4. The van der Waals surface area contributed by atoms with Crippen molar-refractivity contribution < 1.29 is 18.0 Å². The van der Waals surface area contributed by atoms with E-state index >= 15 is 0 Å². The molecule has 2 heterocycles. The molecule has 0 aromatic heterocycles. The maximum absolute atomic E-state index is 12.1. The molecule has 2 fully saturated rings. The van der Waals surface area contributed by atoms with Crippen LogP contribution in [0.1, 0.15) is 25.7 Å². The Hall–Kier alpha value is -0.490. The van der Waals surface area contributed by atoms with E-state index in [0.717, 1.165) is 32.4 Å². The largest absolute Gasteiger partial charge is 0.397 e. The number of nitrogens with zero attached hydrogens (tertiary/aromatic N) is 1. The van der Waals surface area contributed by atoms with Crippen LogP contribution in [0.2, 0.25) is 0 Å². The van der Waals surface area contributed by atoms with Gasteiger partial charge in [0.15, 0.2) is 0 Å². The molecule has 2 rings (SSSR count). The van der Waals surface area contributed by atoms with Crippen molar-refractivity contribution in [3.63, 3.8) is 0 Å². The molecule has 0 aromatic carbocycles. The highest BCUT2D eigenvalue weighted by Crippen LogP contribution is 2.37. The lowest BCUT2D eigenvalue weighted by molar-refractivity contribution is -0.162. The number of likely N-dealkylation sites (tertiary alicyclic amines) is 1. The fourth-order valence-electron chi connectivity index (χ4n) is 2.74. The summed E-state index contributed by atoms with van der Waals surface area (Å²) >= 11 is 0. The van der Waals surface area contributed by atoms with Gasteiger partial charge in [-0.25, -0.2) is 0 Å². The van der Waals surface area contributed by atoms with Crippen LogP contribution >= 0.6 is 12.4 Å². The summed E-state index contributed by atoms with van der Waals surface area (Å²) < 4.78 is 36.3. The lowest BCUT2D eigenvalue weighted by atomic mass is 9.78. The Balaban J connectivity index is 0.00000162. The molecule has 0 unspecified atom stereocenters. The van der Waals surface area contributed by atoms with Crippen molar-refractivity contribution >= 4 is 18.3 Å². The van der Waals surface area contributed by atoms with E-state index in [1.165, 1.54) is 4.90 Å². The Morgan fingerprint density at radius 3 is 2.28 bits per heavy atom. The first-order valence-electron chi connectivity index (χ1n) is 5.96. The van der Waals surface area contributed by atoms with Crippen LogP contribution in [0.3, 0.4) is 0 Å². The topological polar surface area (TPSA) is 32.3 Å². The zero-order valence-electron chi connectivity index (χ0n) is 10.1. The van der Waals surface area contributed by atoms with Gasteiger partial charge in [0.2, 0.25) is 5.91 Å². The minimum atomic E-state index is -4.39. The van der Waals surface area contributed by atoms with Crippen LogP contribution < -0.4 is 5.32 Å². The van der Waals surface area contributed by atoms with E-state index in [0.29, 0.717) is 13.1 Å². The number of carbonyl (C=O) groups is 1. The molecule has 0 atom stereocenters. The highest BCUT2D eigenvalue weighted by Gasteiger charge is 2.40. The van der Waals surface area contributed by atoms with Crippen molar-refractivity contribution in [3.8, 4) is 0 Å². The van der Waals surface area contributed by atoms with Gasteiger partial charge in [0.05, 0.1) is 0 Å². The van der Waals surface area contributed by atoms with Crippen LogP contribution in [0.15, 0.2) is 0 Å². The van der Waals surface area contributed by atoms with Gasteiger partial charge in [-0.2, -0.15) is 13.2 Å². The fraction of sp³-hybridized carbons (Fsp3) is 0.909. The average Bonchev–Trinajstić information content (AvgIpc) is 2.65. The highest BCUT2D eigenvalue weighted by atomic mass is 35.5. The molecule has 1 amide bonds. The highest BCUT2D eigenvalue weighted by molar-refractivity contribution is 5.85. The Morgan fingerprint density at radius 2 is 1.83 bits per heavy atom. The molecule has 0 radical (unpaired) electrons. The number of piperidine rings is 1. The average molecular weight is 287 g/mol. The Labute approximate surface area is 110 Å². The second kappa shape index (κ2) is 5.65.